The number of carboxylic acid groups (broad SMARTS) is 1. The van der Waals surface area contributed by atoms with E-state index in [2.05, 4.69) is 18.2 Å². The lowest BCUT2D eigenvalue weighted by Crippen LogP contribution is -2.36. The molecule has 0 heterocycles. The summed E-state index contributed by atoms with van der Waals surface area (Å²) < 4.78 is 5.19. The molecule has 1 aromatic rings. The van der Waals surface area contributed by atoms with Crippen molar-refractivity contribution in [2.45, 2.75) is 38.2 Å². The van der Waals surface area contributed by atoms with Crippen LogP contribution in [0, 0.1) is 13.8 Å². The minimum Gasteiger partial charge on any atom is -0.479 e. The second-order valence-corrected chi connectivity index (χ2v) is 4.93. The molecule has 1 fully saturated rings. The molecule has 1 saturated carbocycles. The number of aliphatic carboxylic acids is 1. The number of benzene rings is 1. The maximum absolute atomic E-state index is 11.3. The van der Waals surface area contributed by atoms with Gasteiger partial charge < -0.3 is 9.84 Å². The number of hydrogen-bond donors (Lipinski definition) is 1. The summed E-state index contributed by atoms with van der Waals surface area (Å²) in [4.78, 5) is 11.3. The molecule has 1 aromatic carbocycles. The number of carbonyl (C=O) groups is 1. The van der Waals surface area contributed by atoms with E-state index < -0.39 is 12.1 Å². The summed E-state index contributed by atoms with van der Waals surface area (Å²) >= 11 is 0. The summed E-state index contributed by atoms with van der Waals surface area (Å²) in [5.41, 5.74) is 3.14. The van der Waals surface area contributed by atoms with Crippen molar-refractivity contribution in [1.29, 1.82) is 0 Å². The van der Waals surface area contributed by atoms with E-state index in [1.807, 2.05) is 13.8 Å². The first kappa shape index (κ1) is 12.1. The molecule has 0 amide bonds. The molecule has 1 aliphatic carbocycles. The number of aryl methyl sites for hydroxylation is 2. The van der Waals surface area contributed by atoms with E-state index in [4.69, 9.17) is 4.74 Å². The first-order valence-corrected chi connectivity index (χ1v) is 5.84. The normalized spacial score (nSPS) is 18.8. The van der Waals surface area contributed by atoms with Crippen molar-refractivity contribution < 1.29 is 14.6 Å². The largest absolute Gasteiger partial charge is 0.479 e. The van der Waals surface area contributed by atoms with Crippen LogP contribution in [0.4, 0.5) is 0 Å². The molecule has 0 bridgehead atoms. The first-order valence-electron chi connectivity index (χ1n) is 5.84. The SMILES string of the molecule is COC(C(=O)O)C1(c2cc(C)ccc2C)CC1. The number of carboxylic acids is 1. The third kappa shape index (κ3) is 1.95. The molecular weight excluding hydrogens is 216 g/mol. The molecule has 1 aliphatic rings. The lowest BCUT2D eigenvalue weighted by molar-refractivity contribution is -0.150. The molecule has 1 unspecified atom stereocenters. The monoisotopic (exact) mass is 234 g/mol. The Morgan fingerprint density at radius 1 is 1.41 bits per heavy atom. The molecular formula is C14H18O3. The van der Waals surface area contributed by atoms with E-state index in [0.717, 1.165) is 29.5 Å². The lowest BCUT2D eigenvalue weighted by atomic mass is 9.86. The average molecular weight is 234 g/mol. The highest BCUT2D eigenvalue weighted by Gasteiger charge is 2.55. The Hall–Kier alpha value is -1.35. The molecule has 1 N–H and O–H groups in total. The smallest absolute Gasteiger partial charge is 0.333 e. The molecule has 0 aromatic heterocycles. The second-order valence-electron chi connectivity index (χ2n) is 4.93. The predicted octanol–water partition coefficient (Wildman–Crippen LogP) is 2.43. The van der Waals surface area contributed by atoms with E-state index in [0.29, 0.717) is 0 Å². The van der Waals surface area contributed by atoms with Crippen molar-refractivity contribution in [2.75, 3.05) is 7.11 Å². The third-order valence-corrected chi connectivity index (χ3v) is 3.68. The van der Waals surface area contributed by atoms with Crippen LogP contribution in [0.2, 0.25) is 0 Å². The molecule has 2 rings (SSSR count). The van der Waals surface area contributed by atoms with Crippen LogP contribution in [0.5, 0.6) is 0 Å². The maximum atomic E-state index is 11.3. The predicted molar refractivity (Wildman–Crippen MR) is 65.3 cm³/mol. The fourth-order valence-electron chi connectivity index (χ4n) is 2.64. The van der Waals surface area contributed by atoms with Gasteiger partial charge >= 0.3 is 5.97 Å². The number of methoxy groups -OCH3 is 1. The Morgan fingerprint density at radius 2 is 2.06 bits per heavy atom. The zero-order chi connectivity index (χ0) is 12.6. The summed E-state index contributed by atoms with van der Waals surface area (Å²) in [6.45, 7) is 4.06. The van der Waals surface area contributed by atoms with Gasteiger partial charge in [0.15, 0.2) is 6.10 Å². The van der Waals surface area contributed by atoms with Crippen LogP contribution in [0.25, 0.3) is 0 Å². The summed E-state index contributed by atoms with van der Waals surface area (Å²) in [6.07, 6.45) is 1.05. The highest BCUT2D eigenvalue weighted by atomic mass is 16.5. The van der Waals surface area contributed by atoms with Gasteiger partial charge in [-0.25, -0.2) is 4.79 Å². The Balaban J connectivity index is 2.44. The summed E-state index contributed by atoms with van der Waals surface area (Å²) in [7, 11) is 1.48. The molecule has 3 nitrogen and oxygen atoms in total. The molecule has 3 heteroatoms. The van der Waals surface area contributed by atoms with Gasteiger partial charge in [0.1, 0.15) is 0 Å². The van der Waals surface area contributed by atoms with Crippen LogP contribution in [-0.2, 0) is 14.9 Å². The van der Waals surface area contributed by atoms with E-state index in [-0.39, 0.29) is 5.41 Å². The van der Waals surface area contributed by atoms with E-state index in [9.17, 15) is 9.90 Å². The second kappa shape index (κ2) is 4.15. The molecule has 0 aliphatic heterocycles. The zero-order valence-electron chi connectivity index (χ0n) is 10.5. The van der Waals surface area contributed by atoms with Gasteiger partial charge in [0.25, 0.3) is 0 Å². The van der Waals surface area contributed by atoms with Crippen molar-refractivity contribution in [3.8, 4) is 0 Å². The van der Waals surface area contributed by atoms with Crippen molar-refractivity contribution in [3.63, 3.8) is 0 Å². The van der Waals surface area contributed by atoms with Crippen molar-refractivity contribution >= 4 is 5.97 Å². The van der Waals surface area contributed by atoms with Gasteiger partial charge in [-0.15, -0.1) is 0 Å². The molecule has 92 valence electrons. The molecule has 0 radical (unpaired) electrons. The minimum atomic E-state index is -0.870. The van der Waals surface area contributed by atoms with E-state index in [1.54, 1.807) is 0 Å². The van der Waals surface area contributed by atoms with Gasteiger partial charge in [-0.1, -0.05) is 23.8 Å². The van der Waals surface area contributed by atoms with Crippen molar-refractivity contribution in [2.24, 2.45) is 0 Å². The van der Waals surface area contributed by atoms with Crippen LogP contribution >= 0.6 is 0 Å². The first-order chi connectivity index (χ1) is 8.01. The van der Waals surface area contributed by atoms with Crippen LogP contribution < -0.4 is 0 Å². The van der Waals surface area contributed by atoms with E-state index >= 15 is 0 Å². The van der Waals surface area contributed by atoms with Gasteiger partial charge in [0.05, 0.1) is 0 Å². The third-order valence-electron chi connectivity index (χ3n) is 3.68. The summed E-state index contributed by atoms with van der Waals surface area (Å²) in [5.74, 6) is -0.870. The van der Waals surface area contributed by atoms with Gasteiger partial charge in [-0.05, 0) is 37.8 Å². The molecule has 17 heavy (non-hydrogen) atoms. The van der Waals surface area contributed by atoms with Crippen molar-refractivity contribution in [3.05, 3.63) is 34.9 Å². The maximum Gasteiger partial charge on any atom is 0.333 e. The molecule has 0 saturated heterocycles. The Labute approximate surface area is 101 Å². The molecule has 1 atom stereocenters. The van der Waals surface area contributed by atoms with E-state index in [1.165, 1.54) is 7.11 Å². The molecule has 0 spiro atoms. The van der Waals surface area contributed by atoms with Gasteiger partial charge in [0.2, 0.25) is 0 Å². The van der Waals surface area contributed by atoms with Crippen LogP contribution in [0.3, 0.4) is 0 Å². The Morgan fingerprint density at radius 3 is 2.53 bits per heavy atom. The number of rotatable bonds is 4. The van der Waals surface area contributed by atoms with Crippen LogP contribution in [0.1, 0.15) is 29.5 Å². The van der Waals surface area contributed by atoms with Crippen LogP contribution in [0.15, 0.2) is 18.2 Å². The number of hydrogen-bond acceptors (Lipinski definition) is 2. The quantitative estimate of drug-likeness (QED) is 0.870. The highest BCUT2D eigenvalue weighted by molar-refractivity contribution is 5.76. The topological polar surface area (TPSA) is 46.5 Å². The summed E-state index contributed by atoms with van der Waals surface area (Å²) in [5, 5.41) is 9.25. The minimum absolute atomic E-state index is 0.309. The fourth-order valence-corrected chi connectivity index (χ4v) is 2.64. The lowest BCUT2D eigenvalue weighted by Gasteiger charge is -2.24. The Kier molecular flexibility index (Phi) is 2.96. The van der Waals surface area contributed by atoms with Gasteiger partial charge in [-0.3, -0.25) is 0 Å². The van der Waals surface area contributed by atoms with Crippen LogP contribution in [-0.4, -0.2) is 24.3 Å². The fraction of sp³-hybridized carbons (Fsp3) is 0.500. The Bertz CT molecular complexity index is 447. The average Bonchev–Trinajstić information content (AvgIpc) is 3.03. The highest BCUT2D eigenvalue weighted by Crippen LogP contribution is 2.53. The van der Waals surface area contributed by atoms with Crippen molar-refractivity contribution in [1.82, 2.24) is 0 Å². The number of ether oxygens (including phenoxy) is 1. The van der Waals surface area contributed by atoms with Gasteiger partial charge in [-0.2, -0.15) is 0 Å². The van der Waals surface area contributed by atoms with Gasteiger partial charge in [0, 0.05) is 12.5 Å². The summed E-state index contributed by atoms with van der Waals surface area (Å²) in [6, 6.07) is 6.20. The zero-order valence-corrected chi connectivity index (χ0v) is 10.5. The standard InChI is InChI=1S/C14H18O3/c1-9-4-5-10(2)11(8-9)14(6-7-14)12(17-3)13(15)16/h4-5,8,12H,6-7H2,1-3H3,(H,15,16).